The van der Waals surface area contributed by atoms with Crippen molar-refractivity contribution in [2.75, 3.05) is 6.54 Å². The van der Waals surface area contributed by atoms with E-state index in [1.807, 2.05) is 58.0 Å². The van der Waals surface area contributed by atoms with E-state index in [0.29, 0.717) is 13.0 Å². The lowest BCUT2D eigenvalue weighted by Crippen LogP contribution is -2.53. The molecule has 1 fully saturated rings. The molecule has 0 spiro atoms. The van der Waals surface area contributed by atoms with E-state index in [0.717, 1.165) is 12.0 Å². The second kappa shape index (κ2) is 7.02. The molecule has 5 nitrogen and oxygen atoms in total. The minimum atomic E-state index is -0.386. The maximum absolute atomic E-state index is 12.6. The SMILES string of the molecule is CC(NC(=O)C1CCCN1C(=O)NC(C)(C)C)c1ccccc1. The normalized spacial score (nSPS) is 19.3. The van der Waals surface area contributed by atoms with Gasteiger partial charge in [0.2, 0.25) is 5.91 Å². The van der Waals surface area contributed by atoms with Crippen molar-refractivity contribution in [3.63, 3.8) is 0 Å². The Morgan fingerprint density at radius 1 is 1.22 bits per heavy atom. The molecule has 0 saturated carbocycles. The first kappa shape index (κ1) is 17.3. The molecule has 0 aliphatic carbocycles. The monoisotopic (exact) mass is 317 g/mol. The molecule has 2 rings (SSSR count). The summed E-state index contributed by atoms with van der Waals surface area (Å²) in [6.45, 7) is 8.40. The van der Waals surface area contributed by atoms with Crippen molar-refractivity contribution in [2.24, 2.45) is 0 Å². The number of carbonyl (C=O) groups is 2. The van der Waals surface area contributed by atoms with E-state index in [2.05, 4.69) is 10.6 Å². The summed E-state index contributed by atoms with van der Waals surface area (Å²) in [6.07, 6.45) is 1.57. The van der Waals surface area contributed by atoms with E-state index < -0.39 is 0 Å². The third kappa shape index (κ3) is 4.71. The maximum Gasteiger partial charge on any atom is 0.318 e. The molecule has 1 heterocycles. The first-order chi connectivity index (χ1) is 10.8. The van der Waals surface area contributed by atoms with Gasteiger partial charge in [-0.2, -0.15) is 0 Å². The van der Waals surface area contributed by atoms with Gasteiger partial charge in [0, 0.05) is 12.1 Å². The molecular formula is C18H27N3O2. The molecule has 126 valence electrons. The van der Waals surface area contributed by atoms with Crippen molar-refractivity contribution in [1.29, 1.82) is 0 Å². The van der Waals surface area contributed by atoms with Crippen LogP contribution in [0, 0.1) is 0 Å². The number of nitrogens with zero attached hydrogens (tertiary/aromatic N) is 1. The molecule has 1 saturated heterocycles. The van der Waals surface area contributed by atoms with Gasteiger partial charge in [-0.15, -0.1) is 0 Å². The lowest BCUT2D eigenvalue weighted by atomic mass is 10.1. The van der Waals surface area contributed by atoms with Gasteiger partial charge >= 0.3 is 6.03 Å². The first-order valence-corrected chi connectivity index (χ1v) is 8.22. The third-order valence-electron chi connectivity index (χ3n) is 3.96. The summed E-state index contributed by atoms with van der Waals surface area (Å²) in [4.78, 5) is 26.6. The highest BCUT2D eigenvalue weighted by molar-refractivity contribution is 5.88. The standard InChI is InChI=1S/C18H27N3O2/c1-13(14-9-6-5-7-10-14)19-16(22)15-11-8-12-21(15)17(23)20-18(2,3)4/h5-7,9-10,13,15H,8,11-12H2,1-4H3,(H,19,22)(H,20,23). The summed E-state index contributed by atoms with van der Waals surface area (Å²) in [5.41, 5.74) is 0.752. The van der Waals surface area contributed by atoms with Gasteiger partial charge in [0.05, 0.1) is 6.04 Å². The molecule has 1 aliphatic rings. The Kier molecular flexibility index (Phi) is 5.29. The minimum Gasteiger partial charge on any atom is -0.348 e. The van der Waals surface area contributed by atoms with Crippen LogP contribution in [0.15, 0.2) is 30.3 Å². The second-order valence-corrected chi connectivity index (χ2v) is 7.17. The summed E-state index contributed by atoms with van der Waals surface area (Å²) in [6, 6.07) is 9.22. The van der Waals surface area contributed by atoms with Gasteiger partial charge in [-0.1, -0.05) is 30.3 Å². The van der Waals surface area contributed by atoms with E-state index in [9.17, 15) is 9.59 Å². The van der Waals surface area contributed by atoms with Gasteiger partial charge in [-0.25, -0.2) is 4.79 Å². The Hall–Kier alpha value is -2.04. The zero-order valence-electron chi connectivity index (χ0n) is 14.4. The van der Waals surface area contributed by atoms with E-state index in [4.69, 9.17) is 0 Å². The molecule has 0 aromatic heterocycles. The van der Waals surface area contributed by atoms with E-state index in [1.165, 1.54) is 0 Å². The lowest BCUT2D eigenvalue weighted by molar-refractivity contribution is -0.125. The zero-order chi connectivity index (χ0) is 17.0. The van der Waals surface area contributed by atoms with Crippen molar-refractivity contribution < 1.29 is 9.59 Å². The van der Waals surface area contributed by atoms with Crippen LogP contribution >= 0.6 is 0 Å². The van der Waals surface area contributed by atoms with Crippen molar-refractivity contribution >= 4 is 11.9 Å². The Morgan fingerprint density at radius 2 is 1.87 bits per heavy atom. The molecule has 1 aliphatic heterocycles. The zero-order valence-corrected chi connectivity index (χ0v) is 14.4. The number of urea groups is 1. The molecular weight excluding hydrogens is 290 g/mol. The quantitative estimate of drug-likeness (QED) is 0.900. The van der Waals surface area contributed by atoms with Gasteiger partial charge in [-0.3, -0.25) is 4.79 Å². The van der Waals surface area contributed by atoms with E-state index >= 15 is 0 Å². The van der Waals surface area contributed by atoms with E-state index in [1.54, 1.807) is 4.90 Å². The number of benzene rings is 1. The molecule has 2 unspecified atom stereocenters. The highest BCUT2D eigenvalue weighted by atomic mass is 16.2. The Morgan fingerprint density at radius 3 is 2.48 bits per heavy atom. The highest BCUT2D eigenvalue weighted by Crippen LogP contribution is 2.20. The van der Waals surface area contributed by atoms with Crippen LogP contribution in [-0.4, -0.2) is 35.0 Å². The number of nitrogens with one attached hydrogen (secondary N) is 2. The summed E-state index contributed by atoms with van der Waals surface area (Å²) in [7, 11) is 0. The number of rotatable bonds is 3. The molecule has 5 heteroatoms. The van der Waals surface area contributed by atoms with Crippen molar-refractivity contribution in [2.45, 2.75) is 58.2 Å². The van der Waals surface area contributed by atoms with E-state index in [-0.39, 0.29) is 29.6 Å². The topological polar surface area (TPSA) is 61.4 Å². The fourth-order valence-corrected chi connectivity index (χ4v) is 2.81. The molecule has 0 radical (unpaired) electrons. The van der Waals surface area contributed by atoms with Crippen molar-refractivity contribution in [3.05, 3.63) is 35.9 Å². The second-order valence-electron chi connectivity index (χ2n) is 7.17. The van der Waals surface area contributed by atoms with Gasteiger partial charge in [0.25, 0.3) is 0 Å². The van der Waals surface area contributed by atoms with Crippen LogP contribution in [0.4, 0.5) is 4.79 Å². The van der Waals surface area contributed by atoms with Crippen molar-refractivity contribution in [1.82, 2.24) is 15.5 Å². The number of carbonyl (C=O) groups excluding carboxylic acids is 2. The fourth-order valence-electron chi connectivity index (χ4n) is 2.81. The minimum absolute atomic E-state index is 0.0724. The Labute approximate surface area is 138 Å². The average Bonchev–Trinajstić information content (AvgIpc) is 2.96. The molecule has 3 amide bonds. The predicted molar refractivity (Wildman–Crippen MR) is 91.0 cm³/mol. The van der Waals surface area contributed by atoms with Crippen LogP contribution in [0.1, 0.15) is 52.1 Å². The van der Waals surface area contributed by atoms with Gasteiger partial charge < -0.3 is 15.5 Å². The van der Waals surface area contributed by atoms with Crippen LogP contribution in [-0.2, 0) is 4.79 Å². The summed E-state index contributed by atoms with van der Waals surface area (Å²) >= 11 is 0. The summed E-state index contributed by atoms with van der Waals surface area (Å²) < 4.78 is 0. The van der Waals surface area contributed by atoms with Gasteiger partial charge in [0.1, 0.15) is 6.04 Å². The summed E-state index contributed by atoms with van der Waals surface area (Å²) in [5, 5.41) is 5.96. The molecule has 2 atom stereocenters. The molecule has 23 heavy (non-hydrogen) atoms. The molecule has 0 bridgehead atoms. The largest absolute Gasteiger partial charge is 0.348 e. The molecule has 1 aromatic rings. The van der Waals surface area contributed by atoms with Crippen LogP contribution in [0.2, 0.25) is 0 Å². The molecule has 2 N–H and O–H groups in total. The smallest absolute Gasteiger partial charge is 0.318 e. The number of hydrogen-bond donors (Lipinski definition) is 2. The van der Waals surface area contributed by atoms with Crippen LogP contribution in [0.3, 0.4) is 0 Å². The maximum atomic E-state index is 12.6. The molecule has 1 aromatic carbocycles. The Balaban J connectivity index is 1.99. The lowest BCUT2D eigenvalue weighted by Gasteiger charge is -2.29. The van der Waals surface area contributed by atoms with Crippen LogP contribution < -0.4 is 10.6 Å². The highest BCUT2D eigenvalue weighted by Gasteiger charge is 2.35. The average molecular weight is 317 g/mol. The number of likely N-dealkylation sites (tertiary alicyclic amines) is 1. The van der Waals surface area contributed by atoms with Crippen LogP contribution in [0.25, 0.3) is 0 Å². The van der Waals surface area contributed by atoms with Gasteiger partial charge in [0.15, 0.2) is 0 Å². The van der Waals surface area contributed by atoms with Crippen molar-refractivity contribution in [3.8, 4) is 0 Å². The first-order valence-electron chi connectivity index (χ1n) is 8.22. The van der Waals surface area contributed by atoms with Crippen LogP contribution in [0.5, 0.6) is 0 Å². The third-order valence-corrected chi connectivity index (χ3v) is 3.96. The van der Waals surface area contributed by atoms with Gasteiger partial charge in [-0.05, 0) is 46.1 Å². The Bertz CT molecular complexity index is 551. The summed E-state index contributed by atoms with van der Waals surface area (Å²) in [5.74, 6) is -0.0806. The number of amides is 3. The predicted octanol–water partition coefficient (Wildman–Crippen LogP) is 2.84. The number of hydrogen-bond acceptors (Lipinski definition) is 2. The fraction of sp³-hybridized carbons (Fsp3) is 0.556.